The number of benzene rings is 3. The van der Waals surface area contributed by atoms with Crippen LogP contribution in [0.1, 0.15) is 21.5 Å². The highest BCUT2D eigenvalue weighted by Crippen LogP contribution is 2.31. The Kier molecular flexibility index (Phi) is 6.56. The van der Waals surface area contributed by atoms with Crippen LogP contribution in [-0.4, -0.2) is 15.7 Å². The Morgan fingerprint density at radius 3 is 2.32 bits per heavy atom. The summed E-state index contributed by atoms with van der Waals surface area (Å²) in [6, 6.07) is 21.4. The van der Waals surface area contributed by atoms with Crippen LogP contribution in [0.25, 0.3) is 5.69 Å². The zero-order valence-corrected chi connectivity index (χ0v) is 18.7. The Hall–Kier alpha value is -3.85. The molecule has 0 saturated carbocycles. The molecule has 0 unspecified atom stereocenters. The van der Waals surface area contributed by atoms with Crippen LogP contribution < -0.4 is 10.9 Å². The lowest BCUT2D eigenvalue weighted by molar-refractivity contribution is -0.137. The van der Waals surface area contributed by atoms with E-state index in [1.807, 2.05) is 31.2 Å². The molecule has 0 radical (unpaired) electrons. The number of hydrogen-bond donors (Lipinski definition) is 1. The van der Waals surface area contributed by atoms with Crippen molar-refractivity contribution < 1.29 is 18.0 Å². The molecule has 0 saturated heterocycles. The van der Waals surface area contributed by atoms with E-state index in [1.54, 1.807) is 18.2 Å². The summed E-state index contributed by atoms with van der Waals surface area (Å²) in [6.07, 6.45) is -4.51. The fourth-order valence-corrected chi connectivity index (χ4v) is 3.86. The van der Waals surface area contributed by atoms with E-state index in [1.165, 1.54) is 46.8 Å². The van der Waals surface area contributed by atoms with E-state index >= 15 is 0 Å². The molecule has 4 aromatic rings. The van der Waals surface area contributed by atoms with Gasteiger partial charge in [0, 0.05) is 22.2 Å². The predicted molar refractivity (Wildman–Crippen MR) is 125 cm³/mol. The van der Waals surface area contributed by atoms with Crippen LogP contribution in [0.4, 0.5) is 18.9 Å². The van der Waals surface area contributed by atoms with Gasteiger partial charge in [-0.15, -0.1) is 0 Å². The van der Waals surface area contributed by atoms with E-state index in [-0.39, 0.29) is 16.8 Å². The summed E-state index contributed by atoms with van der Waals surface area (Å²) in [6.45, 7) is 2.00. The van der Waals surface area contributed by atoms with E-state index in [9.17, 15) is 22.8 Å². The summed E-state index contributed by atoms with van der Waals surface area (Å²) in [5.74, 6) is -0.574. The number of nitrogens with zero attached hydrogens (tertiary/aromatic N) is 2. The second kappa shape index (κ2) is 9.56. The van der Waals surface area contributed by atoms with E-state index in [4.69, 9.17) is 0 Å². The molecule has 0 fully saturated rings. The maximum Gasteiger partial charge on any atom is 0.416 e. The van der Waals surface area contributed by atoms with Gasteiger partial charge in [-0.3, -0.25) is 9.59 Å². The topological polar surface area (TPSA) is 64.0 Å². The SMILES string of the molecule is Cc1ccc(Sc2ccc(=O)n(-c3ccc(C(=O)Nc4cccc(C(F)(F)F)c4)cc3)n2)cc1. The summed E-state index contributed by atoms with van der Waals surface area (Å²) in [4.78, 5) is 25.8. The molecule has 1 N–H and O–H groups in total. The van der Waals surface area contributed by atoms with Gasteiger partial charge in [0.25, 0.3) is 11.5 Å². The number of carbonyl (C=O) groups excluding carboxylic acids is 1. The average molecular weight is 481 g/mol. The lowest BCUT2D eigenvalue weighted by atomic mass is 10.1. The third-order valence-corrected chi connectivity index (χ3v) is 5.78. The minimum absolute atomic E-state index is 0.0302. The number of hydrogen-bond acceptors (Lipinski definition) is 4. The van der Waals surface area contributed by atoms with Crippen molar-refractivity contribution in [2.24, 2.45) is 0 Å². The molecule has 9 heteroatoms. The van der Waals surface area contributed by atoms with Crippen molar-refractivity contribution in [3.05, 3.63) is 112 Å². The number of aryl methyl sites for hydroxylation is 1. The highest BCUT2D eigenvalue weighted by atomic mass is 32.2. The van der Waals surface area contributed by atoms with E-state index in [2.05, 4.69) is 10.4 Å². The number of anilines is 1. The second-order valence-electron chi connectivity index (χ2n) is 7.42. The monoisotopic (exact) mass is 481 g/mol. The largest absolute Gasteiger partial charge is 0.416 e. The Bertz CT molecular complexity index is 1380. The molecule has 0 spiro atoms. The van der Waals surface area contributed by atoms with Crippen LogP contribution in [-0.2, 0) is 6.18 Å². The van der Waals surface area contributed by atoms with Gasteiger partial charge in [-0.2, -0.15) is 23.0 Å². The van der Waals surface area contributed by atoms with Crippen LogP contribution in [0.5, 0.6) is 0 Å². The number of amides is 1. The lowest BCUT2D eigenvalue weighted by Gasteiger charge is -2.11. The molecule has 1 amide bonds. The lowest BCUT2D eigenvalue weighted by Crippen LogP contribution is -2.20. The molecular weight excluding hydrogens is 463 g/mol. The van der Waals surface area contributed by atoms with Crippen molar-refractivity contribution in [1.82, 2.24) is 9.78 Å². The first-order valence-corrected chi connectivity index (χ1v) is 10.9. The molecular formula is C25H18F3N3O2S. The van der Waals surface area contributed by atoms with E-state index in [0.717, 1.165) is 22.6 Å². The van der Waals surface area contributed by atoms with Gasteiger partial charge in [0.15, 0.2) is 0 Å². The van der Waals surface area contributed by atoms with Gasteiger partial charge in [-0.1, -0.05) is 35.5 Å². The van der Waals surface area contributed by atoms with Crippen LogP contribution in [0.2, 0.25) is 0 Å². The molecule has 34 heavy (non-hydrogen) atoms. The molecule has 172 valence electrons. The fraction of sp³-hybridized carbons (Fsp3) is 0.0800. The Labute approximate surface area is 197 Å². The summed E-state index contributed by atoms with van der Waals surface area (Å²) >= 11 is 1.41. The molecule has 5 nitrogen and oxygen atoms in total. The first-order valence-electron chi connectivity index (χ1n) is 10.1. The van der Waals surface area contributed by atoms with Crippen LogP contribution in [0.3, 0.4) is 0 Å². The summed E-state index contributed by atoms with van der Waals surface area (Å²) in [5.41, 5.74) is 0.650. The number of alkyl halides is 3. The van der Waals surface area contributed by atoms with Crippen molar-refractivity contribution in [2.75, 3.05) is 5.32 Å². The van der Waals surface area contributed by atoms with Gasteiger partial charge in [0.05, 0.1) is 11.3 Å². The van der Waals surface area contributed by atoms with Crippen molar-refractivity contribution in [3.63, 3.8) is 0 Å². The van der Waals surface area contributed by atoms with E-state index in [0.29, 0.717) is 10.7 Å². The number of rotatable bonds is 5. The quantitative estimate of drug-likeness (QED) is 0.382. The second-order valence-corrected chi connectivity index (χ2v) is 8.51. The molecule has 0 aliphatic carbocycles. The first-order chi connectivity index (χ1) is 16.2. The summed E-state index contributed by atoms with van der Waals surface area (Å²) in [5, 5.41) is 7.47. The number of halogens is 3. The Morgan fingerprint density at radius 2 is 1.65 bits per heavy atom. The predicted octanol–water partition coefficient (Wildman–Crippen LogP) is 5.96. The zero-order chi connectivity index (χ0) is 24.3. The van der Waals surface area contributed by atoms with Gasteiger partial charge >= 0.3 is 6.18 Å². The Morgan fingerprint density at radius 1 is 0.941 bits per heavy atom. The molecule has 3 aromatic carbocycles. The highest BCUT2D eigenvalue weighted by Gasteiger charge is 2.30. The number of nitrogens with one attached hydrogen (secondary N) is 1. The molecule has 1 heterocycles. The third-order valence-electron chi connectivity index (χ3n) is 4.84. The summed E-state index contributed by atoms with van der Waals surface area (Å²) in [7, 11) is 0. The van der Waals surface area contributed by atoms with Crippen LogP contribution in [0.15, 0.2) is 99.6 Å². The number of aromatic nitrogens is 2. The maximum absolute atomic E-state index is 12.9. The van der Waals surface area contributed by atoms with Gasteiger partial charge in [0.1, 0.15) is 5.03 Å². The molecule has 0 bridgehead atoms. The maximum atomic E-state index is 12.9. The van der Waals surface area contributed by atoms with Gasteiger partial charge in [-0.05, 0) is 67.6 Å². The van der Waals surface area contributed by atoms with Crippen molar-refractivity contribution in [2.45, 2.75) is 23.0 Å². The molecule has 4 rings (SSSR count). The highest BCUT2D eigenvalue weighted by molar-refractivity contribution is 7.99. The first kappa shape index (κ1) is 23.3. The smallest absolute Gasteiger partial charge is 0.322 e. The zero-order valence-electron chi connectivity index (χ0n) is 17.8. The minimum Gasteiger partial charge on any atom is -0.322 e. The van der Waals surface area contributed by atoms with Gasteiger partial charge in [0.2, 0.25) is 0 Å². The number of carbonyl (C=O) groups is 1. The van der Waals surface area contributed by atoms with Crippen molar-refractivity contribution >= 4 is 23.4 Å². The van der Waals surface area contributed by atoms with Crippen molar-refractivity contribution in [3.8, 4) is 5.69 Å². The Balaban J connectivity index is 1.51. The van der Waals surface area contributed by atoms with Crippen LogP contribution in [0, 0.1) is 6.92 Å². The minimum atomic E-state index is -4.51. The van der Waals surface area contributed by atoms with Crippen molar-refractivity contribution in [1.29, 1.82) is 0 Å². The standard InChI is InChI=1S/C25H18F3N3O2S/c1-16-5-11-21(12-6-16)34-22-13-14-23(32)31(30-22)20-9-7-17(8-10-20)24(33)29-19-4-2-3-18(15-19)25(26,27)28/h2-15H,1H3,(H,29,33). The average Bonchev–Trinajstić information content (AvgIpc) is 2.81. The van der Waals surface area contributed by atoms with Gasteiger partial charge in [-0.25, -0.2) is 0 Å². The molecule has 0 atom stereocenters. The van der Waals surface area contributed by atoms with E-state index < -0.39 is 17.6 Å². The molecule has 0 aliphatic rings. The fourth-order valence-electron chi connectivity index (χ4n) is 3.09. The normalized spacial score (nSPS) is 11.3. The van der Waals surface area contributed by atoms with Crippen LogP contribution >= 0.6 is 11.8 Å². The van der Waals surface area contributed by atoms with Gasteiger partial charge < -0.3 is 5.32 Å². The molecule has 0 aliphatic heterocycles. The summed E-state index contributed by atoms with van der Waals surface area (Å²) < 4.78 is 39.9. The third kappa shape index (κ3) is 5.55. The molecule has 1 aromatic heterocycles.